The third kappa shape index (κ3) is 6.47. The van der Waals surface area contributed by atoms with Gasteiger partial charge < -0.3 is 5.32 Å². The van der Waals surface area contributed by atoms with Crippen LogP contribution in [-0.4, -0.2) is 36.8 Å². The number of rotatable bonds is 11. The number of carbonyl (C=O) groups excluding carboxylic acids is 1. The summed E-state index contributed by atoms with van der Waals surface area (Å²) in [6.07, 6.45) is 4.99. The van der Waals surface area contributed by atoms with Crippen LogP contribution in [0, 0.1) is 28.0 Å². The lowest BCUT2D eigenvalue weighted by Crippen LogP contribution is -2.32. The zero-order valence-corrected chi connectivity index (χ0v) is 23.8. The number of carbonyl (C=O) groups is 1. The van der Waals surface area contributed by atoms with Crippen LogP contribution in [0.1, 0.15) is 41.3 Å². The predicted octanol–water partition coefficient (Wildman–Crippen LogP) is 5.30. The van der Waals surface area contributed by atoms with Gasteiger partial charge in [0.05, 0.1) is 17.9 Å². The SMILES string of the molecule is CCN(Cc1cccnc1)S(=O)(=O)c1cc(C(=O)NOCC2CC2)c(Nc2ccc(I)cc2C)c(F)c1F. The first-order valence-electron chi connectivity index (χ1n) is 12.0. The molecule has 202 valence electrons. The molecule has 0 spiro atoms. The minimum absolute atomic E-state index is 0.0217. The second-order valence-electron chi connectivity index (χ2n) is 8.99. The average Bonchev–Trinajstić information content (AvgIpc) is 3.71. The van der Waals surface area contributed by atoms with Crippen molar-refractivity contribution in [2.24, 2.45) is 5.92 Å². The molecule has 0 unspecified atom stereocenters. The second-order valence-corrected chi connectivity index (χ2v) is 12.1. The number of amides is 1. The molecule has 4 rings (SSSR count). The molecule has 1 amide bonds. The van der Waals surface area contributed by atoms with Gasteiger partial charge in [-0.05, 0) is 89.7 Å². The lowest BCUT2D eigenvalue weighted by molar-refractivity contribution is 0.0270. The summed E-state index contributed by atoms with van der Waals surface area (Å²) >= 11 is 2.12. The Kier molecular flexibility index (Phi) is 8.96. The average molecular weight is 656 g/mol. The van der Waals surface area contributed by atoms with Crippen molar-refractivity contribution in [2.45, 2.75) is 38.1 Å². The summed E-state index contributed by atoms with van der Waals surface area (Å²) in [5.41, 5.74) is 3.06. The summed E-state index contributed by atoms with van der Waals surface area (Å²) in [4.78, 5) is 21.4. The Morgan fingerprint density at radius 1 is 1.21 bits per heavy atom. The molecule has 0 saturated heterocycles. The standard InChI is InChI=1S/C26H27F2IN4O4S/c1-3-33(14-18-5-4-10-30-13-18)38(35,36)22-12-20(26(34)32-37-15-17-6-7-17)25(24(28)23(22)27)31-21-9-8-19(29)11-16(21)2/h4-5,8-13,17,31H,3,6-7,14-15H2,1-2H3,(H,32,34). The Labute approximate surface area is 233 Å². The van der Waals surface area contributed by atoms with E-state index in [4.69, 9.17) is 4.84 Å². The highest BCUT2D eigenvalue weighted by Crippen LogP contribution is 2.34. The molecule has 1 heterocycles. The Hall–Kier alpha value is -2.68. The molecule has 0 aliphatic heterocycles. The van der Waals surface area contributed by atoms with Crippen LogP contribution in [0.2, 0.25) is 0 Å². The van der Waals surface area contributed by atoms with Gasteiger partial charge >= 0.3 is 0 Å². The monoisotopic (exact) mass is 656 g/mol. The highest BCUT2D eigenvalue weighted by Gasteiger charge is 2.33. The van der Waals surface area contributed by atoms with E-state index in [0.717, 1.165) is 32.3 Å². The van der Waals surface area contributed by atoms with Crippen molar-refractivity contribution in [3.63, 3.8) is 0 Å². The lowest BCUT2D eigenvalue weighted by atomic mass is 10.1. The molecule has 1 aliphatic carbocycles. The first-order valence-corrected chi connectivity index (χ1v) is 14.5. The molecule has 38 heavy (non-hydrogen) atoms. The maximum absolute atomic E-state index is 15.6. The Balaban J connectivity index is 1.76. The summed E-state index contributed by atoms with van der Waals surface area (Å²) in [5, 5.41) is 2.78. The lowest BCUT2D eigenvalue weighted by Gasteiger charge is -2.23. The maximum Gasteiger partial charge on any atom is 0.277 e. The highest BCUT2D eigenvalue weighted by molar-refractivity contribution is 14.1. The fourth-order valence-corrected chi connectivity index (χ4v) is 5.93. The van der Waals surface area contributed by atoms with Crippen molar-refractivity contribution >= 4 is 49.9 Å². The quantitative estimate of drug-likeness (QED) is 0.215. The Morgan fingerprint density at radius 2 is 1.97 bits per heavy atom. The normalized spacial score (nSPS) is 13.5. The van der Waals surface area contributed by atoms with E-state index in [-0.39, 0.29) is 19.7 Å². The number of nitrogens with one attached hydrogen (secondary N) is 2. The second kappa shape index (κ2) is 12.0. The van der Waals surface area contributed by atoms with E-state index in [2.05, 4.69) is 38.4 Å². The molecular weight excluding hydrogens is 629 g/mol. The third-order valence-electron chi connectivity index (χ3n) is 6.10. The van der Waals surface area contributed by atoms with Gasteiger partial charge in [0.1, 0.15) is 4.90 Å². The maximum atomic E-state index is 15.6. The van der Waals surface area contributed by atoms with Crippen molar-refractivity contribution in [2.75, 3.05) is 18.5 Å². The van der Waals surface area contributed by atoms with E-state index >= 15 is 8.78 Å². The molecule has 1 aliphatic rings. The van der Waals surface area contributed by atoms with E-state index in [1.807, 2.05) is 6.07 Å². The van der Waals surface area contributed by atoms with E-state index in [9.17, 15) is 13.2 Å². The Bertz CT molecular complexity index is 1440. The molecule has 0 atom stereocenters. The number of benzene rings is 2. The Morgan fingerprint density at radius 3 is 2.61 bits per heavy atom. The van der Waals surface area contributed by atoms with E-state index in [1.54, 1.807) is 44.3 Å². The number of hydroxylamine groups is 1. The topological polar surface area (TPSA) is 101 Å². The first kappa shape index (κ1) is 28.3. The van der Waals surface area contributed by atoms with Crippen LogP contribution in [0.25, 0.3) is 0 Å². The van der Waals surface area contributed by atoms with Gasteiger partial charge in [-0.3, -0.25) is 14.6 Å². The molecule has 1 saturated carbocycles. The summed E-state index contributed by atoms with van der Waals surface area (Å²) < 4.78 is 60.0. The van der Waals surface area contributed by atoms with Crippen molar-refractivity contribution in [1.82, 2.24) is 14.8 Å². The minimum atomic E-state index is -4.54. The van der Waals surface area contributed by atoms with Crippen molar-refractivity contribution < 1.29 is 26.8 Å². The van der Waals surface area contributed by atoms with E-state index in [0.29, 0.717) is 17.2 Å². The molecule has 2 N–H and O–H groups in total. The van der Waals surface area contributed by atoms with Gasteiger partial charge in [-0.25, -0.2) is 22.7 Å². The van der Waals surface area contributed by atoms with E-state index < -0.39 is 43.7 Å². The van der Waals surface area contributed by atoms with Crippen molar-refractivity contribution in [3.05, 3.63) is 80.7 Å². The molecule has 0 bridgehead atoms. The minimum Gasteiger partial charge on any atom is -0.352 e. The van der Waals surface area contributed by atoms with E-state index in [1.165, 1.54) is 6.20 Å². The molecule has 12 heteroatoms. The zero-order chi connectivity index (χ0) is 27.4. The van der Waals surface area contributed by atoms with Gasteiger partial charge in [-0.15, -0.1) is 0 Å². The fraction of sp³-hybridized carbons (Fsp3) is 0.308. The smallest absolute Gasteiger partial charge is 0.277 e. The highest BCUT2D eigenvalue weighted by atomic mass is 127. The molecule has 1 aromatic heterocycles. The summed E-state index contributed by atoms with van der Waals surface area (Å²) in [6.45, 7) is 3.49. The predicted molar refractivity (Wildman–Crippen MR) is 147 cm³/mol. The number of nitrogens with zero attached hydrogens (tertiary/aromatic N) is 2. The number of pyridine rings is 1. The number of hydrogen-bond acceptors (Lipinski definition) is 6. The summed E-state index contributed by atoms with van der Waals surface area (Å²) in [7, 11) is -4.54. The molecule has 1 fully saturated rings. The number of anilines is 2. The van der Waals surface area contributed by atoms with Crippen molar-refractivity contribution in [1.29, 1.82) is 0 Å². The number of aromatic nitrogens is 1. The van der Waals surface area contributed by atoms with Crippen LogP contribution in [0.3, 0.4) is 0 Å². The zero-order valence-electron chi connectivity index (χ0n) is 20.8. The van der Waals surface area contributed by atoms with Crippen LogP contribution >= 0.6 is 22.6 Å². The van der Waals surface area contributed by atoms with Gasteiger partial charge in [-0.1, -0.05) is 13.0 Å². The molecule has 8 nitrogen and oxygen atoms in total. The van der Waals surface area contributed by atoms with Crippen LogP contribution in [-0.2, 0) is 21.4 Å². The number of aryl methyl sites for hydroxylation is 1. The number of sulfonamides is 1. The third-order valence-corrected chi connectivity index (χ3v) is 8.69. The molecular formula is C26H27F2IN4O4S. The first-order chi connectivity index (χ1) is 18.1. The molecule has 2 aromatic carbocycles. The van der Waals surface area contributed by atoms with Crippen LogP contribution < -0.4 is 10.8 Å². The van der Waals surface area contributed by atoms with Gasteiger partial charge in [0, 0.05) is 34.7 Å². The van der Waals surface area contributed by atoms with Crippen LogP contribution in [0.4, 0.5) is 20.2 Å². The van der Waals surface area contributed by atoms with Crippen molar-refractivity contribution in [3.8, 4) is 0 Å². The number of hydrogen-bond donors (Lipinski definition) is 2. The van der Waals surface area contributed by atoms with Gasteiger partial charge in [0.15, 0.2) is 11.6 Å². The van der Waals surface area contributed by atoms with Crippen LogP contribution in [0.15, 0.2) is 53.7 Å². The number of halogens is 3. The summed E-state index contributed by atoms with van der Waals surface area (Å²) in [5.74, 6) is -3.65. The van der Waals surface area contributed by atoms with Crippen LogP contribution in [0.5, 0.6) is 0 Å². The van der Waals surface area contributed by atoms with Gasteiger partial charge in [-0.2, -0.15) is 4.31 Å². The largest absolute Gasteiger partial charge is 0.352 e. The fourth-order valence-electron chi connectivity index (χ4n) is 3.76. The summed E-state index contributed by atoms with van der Waals surface area (Å²) in [6, 6.07) is 9.42. The molecule has 0 radical (unpaired) electrons. The van der Waals surface area contributed by atoms with Gasteiger partial charge in [0.25, 0.3) is 5.91 Å². The van der Waals surface area contributed by atoms with Gasteiger partial charge in [0.2, 0.25) is 10.0 Å². The molecule has 3 aromatic rings.